The number of aryl methyl sites for hydroxylation is 1. The van der Waals surface area contributed by atoms with Crippen LogP contribution < -0.4 is 30.7 Å². The molecule has 312 valence electrons. The van der Waals surface area contributed by atoms with Crippen LogP contribution in [0, 0.1) is 12.8 Å². The molecule has 0 bridgehead atoms. The second-order valence-corrected chi connectivity index (χ2v) is 17.0. The lowest BCUT2D eigenvalue weighted by atomic mass is 9.95. The zero-order chi connectivity index (χ0) is 41.8. The summed E-state index contributed by atoms with van der Waals surface area (Å²) in [6.45, 7) is 16.0. The molecule has 3 aromatic carbocycles. The Morgan fingerprint density at radius 1 is 0.850 bits per heavy atom. The van der Waals surface area contributed by atoms with Crippen molar-refractivity contribution in [3.05, 3.63) is 102 Å². The molecule has 3 aliphatic heterocycles. The van der Waals surface area contributed by atoms with E-state index < -0.39 is 0 Å². The number of aromatic nitrogens is 5. The molecule has 3 N–H and O–H groups in total. The van der Waals surface area contributed by atoms with Crippen LogP contribution in [0.5, 0.6) is 0 Å². The Hall–Kier alpha value is -6.35. The summed E-state index contributed by atoms with van der Waals surface area (Å²) in [4.78, 5) is 55.2. The summed E-state index contributed by atoms with van der Waals surface area (Å²) >= 11 is 0. The highest BCUT2D eigenvalue weighted by atomic mass is 16.2. The molecule has 0 atom stereocenters. The van der Waals surface area contributed by atoms with Gasteiger partial charge in [-0.15, -0.1) is 5.10 Å². The molecule has 0 unspecified atom stereocenters. The van der Waals surface area contributed by atoms with E-state index in [4.69, 9.17) is 4.98 Å². The standard InChI is InChI=1S/C45H54N12O3/c1-31-26-33(8-9-34(31)28-47-42(59)40-30-57(52-51-40)45(2,3)4)39-14-18-46-43(49-39)48-35-10-12-36(13-11-35)55-24-22-53(23-25-55)29-32-15-19-54(20-16-32)37-6-5-7-38(27-37)56-21-17-41(58)50-44(56)60/h5-14,18,26-27,30,32H,15-17,19-25,28-29H2,1-4H3,(H,47,59)(H,46,48,49)(H,50,58,60). The van der Waals surface area contributed by atoms with E-state index in [1.165, 1.54) is 5.69 Å². The summed E-state index contributed by atoms with van der Waals surface area (Å²) in [7, 11) is 0. The molecule has 3 saturated heterocycles. The van der Waals surface area contributed by atoms with Gasteiger partial charge >= 0.3 is 6.03 Å². The molecule has 15 heteroatoms. The number of piperidine rings is 1. The first-order chi connectivity index (χ1) is 28.9. The van der Waals surface area contributed by atoms with Gasteiger partial charge in [0.25, 0.3) is 5.91 Å². The van der Waals surface area contributed by atoms with Gasteiger partial charge < -0.3 is 20.4 Å². The monoisotopic (exact) mass is 810 g/mol. The molecule has 3 aliphatic rings. The first-order valence-corrected chi connectivity index (χ1v) is 20.9. The molecular formula is C45H54N12O3. The van der Waals surface area contributed by atoms with Crippen LogP contribution in [0.1, 0.15) is 61.6 Å². The quantitative estimate of drug-likeness (QED) is 0.145. The maximum absolute atomic E-state index is 12.7. The largest absolute Gasteiger partial charge is 0.371 e. The number of carbonyl (C=O) groups excluding carboxylic acids is 3. The maximum atomic E-state index is 12.7. The zero-order valence-corrected chi connectivity index (χ0v) is 34.9. The molecule has 3 fully saturated rings. The Morgan fingerprint density at radius 3 is 2.32 bits per heavy atom. The number of hydrogen-bond donors (Lipinski definition) is 3. The van der Waals surface area contributed by atoms with E-state index in [2.05, 4.69) is 88.4 Å². The zero-order valence-electron chi connectivity index (χ0n) is 34.9. The summed E-state index contributed by atoms with van der Waals surface area (Å²) < 4.78 is 1.69. The Morgan fingerprint density at radius 2 is 1.60 bits per heavy atom. The van der Waals surface area contributed by atoms with Gasteiger partial charge in [-0.1, -0.05) is 23.4 Å². The lowest BCUT2D eigenvalue weighted by molar-refractivity contribution is -0.120. The highest BCUT2D eigenvalue weighted by molar-refractivity contribution is 6.05. The van der Waals surface area contributed by atoms with Gasteiger partial charge in [0.2, 0.25) is 11.9 Å². The molecule has 4 amide bonds. The van der Waals surface area contributed by atoms with Crippen molar-refractivity contribution >= 4 is 46.5 Å². The Labute approximate surface area is 351 Å². The number of urea groups is 1. The third-order valence-corrected chi connectivity index (χ3v) is 11.7. The van der Waals surface area contributed by atoms with Crippen molar-refractivity contribution in [3.8, 4) is 11.3 Å². The number of amides is 4. The first-order valence-electron chi connectivity index (χ1n) is 20.9. The lowest BCUT2D eigenvalue weighted by Gasteiger charge is -2.40. The fourth-order valence-electron chi connectivity index (χ4n) is 8.08. The van der Waals surface area contributed by atoms with Gasteiger partial charge in [0, 0.05) is 99.8 Å². The van der Waals surface area contributed by atoms with E-state index in [0.29, 0.717) is 37.1 Å². The van der Waals surface area contributed by atoms with E-state index in [1.807, 2.05) is 58.0 Å². The molecule has 2 aromatic heterocycles. The molecule has 8 rings (SSSR count). The van der Waals surface area contributed by atoms with E-state index in [1.54, 1.807) is 22.0 Å². The average molecular weight is 811 g/mol. The van der Waals surface area contributed by atoms with Crippen molar-refractivity contribution in [2.75, 3.05) is 72.4 Å². The number of nitrogens with one attached hydrogen (secondary N) is 3. The van der Waals surface area contributed by atoms with E-state index in [-0.39, 0.29) is 23.4 Å². The van der Waals surface area contributed by atoms with Crippen molar-refractivity contribution in [2.45, 2.75) is 59.0 Å². The third kappa shape index (κ3) is 9.57. The predicted molar refractivity (Wildman–Crippen MR) is 234 cm³/mol. The molecule has 5 aromatic rings. The minimum Gasteiger partial charge on any atom is -0.371 e. The second-order valence-electron chi connectivity index (χ2n) is 17.0. The van der Waals surface area contributed by atoms with Gasteiger partial charge in [0.05, 0.1) is 17.4 Å². The topological polar surface area (TPSA) is 157 Å². The smallest absolute Gasteiger partial charge is 0.328 e. The summed E-state index contributed by atoms with van der Waals surface area (Å²) in [5.74, 6) is 0.713. The fraction of sp³-hybridized carbons (Fsp3) is 0.400. The summed E-state index contributed by atoms with van der Waals surface area (Å²) in [6.07, 6.45) is 6.04. The van der Waals surface area contributed by atoms with Crippen LogP contribution in [-0.2, 0) is 16.9 Å². The van der Waals surface area contributed by atoms with Gasteiger partial charge in [-0.2, -0.15) is 0 Å². The highest BCUT2D eigenvalue weighted by Gasteiger charge is 2.27. The summed E-state index contributed by atoms with van der Waals surface area (Å²) in [5.41, 5.74) is 7.96. The molecule has 5 heterocycles. The molecule has 0 saturated carbocycles. The van der Waals surface area contributed by atoms with Gasteiger partial charge in [0.15, 0.2) is 5.69 Å². The SMILES string of the molecule is Cc1cc(-c2ccnc(Nc3ccc(N4CCN(CC5CCN(c6cccc(N7CCC(=O)NC7=O)c6)CC5)CC4)cc3)n2)ccc1CNC(=O)c1cn(C(C)(C)C)nn1. The van der Waals surface area contributed by atoms with Crippen molar-refractivity contribution in [2.24, 2.45) is 5.92 Å². The van der Waals surface area contributed by atoms with Crippen molar-refractivity contribution in [1.82, 2.24) is 40.5 Å². The third-order valence-electron chi connectivity index (χ3n) is 11.7. The second kappa shape index (κ2) is 17.5. The van der Waals surface area contributed by atoms with Crippen LogP contribution in [0.2, 0.25) is 0 Å². The van der Waals surface area contributed by atoms with Gasteiger partial charge in [-0.3, -0.25) is 24.7 Å². The van der Waals surface area contributed by atoms with E-state index in [0.717, 1.165) is 98.1 Å². The van der Waals surface area contributed by atoms with Crippen LogP contribution in [0.25, 0.3) is 11.3 Å². The number of benzene rings is 3. The normalized spacial score (nSPS) is 16.8. The highest BCUT2D eigenvalue weighted by Crippen LogP contribution is 2.29. The van der Waals surface area contributed by atoms with Crippen LogP contribution >= 0.6 is 0 Å². The van der Waals surface area contributed by atoms with Crippen molar-refractivity contribution in [3.63, 3.8) is 0 Å². The van der Waals surface area contributed by atoms with E-state index in [9.17, 15) is 14.4 Å². The number of hydrogen-bond acceptors (Lipinski definition) is 11. The number of nitrogens with zero attached hydrogens (tertiary/aromatic N) is 9. The number of carbonyl (C=O) groups is 3. The average Bonchev–Trinajstić information content (AvgIpc) is 3.76. The molecular weight excluding hydrogens is 757 g/mol. The van der Waals surface area contributed by atoms with Gasteiger partial charge in [-0.25, -0.2) is 19.4 Å². The molecule has 0 radical (unpaired) electrons. The molecule has 0 spiro atoms. The Balaban J connectivity index is 0.781. The van der Waals surface area contributed by atoms with E-state index >= 15 is 0 Å². The van der Waals surface area contributed by atoms with Crippen LogP contribution in [0.3, 0.4) is 0 Å². The molecule has 0 aliphatic carbocycles. The Bertz CT molecular complexity index is 2320. The molecule has 15 nitrogen and oxygen atoms in total. The van der Waals surface area contributed by atoms with Crippen molar-refractivity contribution in [1.29, 1.82) is 0 Å². The number of anilines is 5. The van der Waals surface area contributed by atoms with Gasteiger partial charge in [0.1, 0.15) is 0 Å². The minimum absolute atomic E-state index is 0.217. The van der Waals surface area contributed by atoms with Crippen molar-refractivity contribution < 1.29 is 14.4 Å². The van der Waals surface area contributed by atoms with Gasteiger partial charge in [-0.05, 0) is 112 Å². The fourth-order valence-corrected chi connectivity index (χ4v) is 8.08. The predicted octanol–water partition coefficient (Wildman–Crippen LogP) is 5.96. The summed E-state index contributed by atoms with van der Waals surface area (Å²) in [5, 5.41) is 16.9. The number of piperazine rings is 1. The minimum atomic E-state index is -0.346. The van der Waals surface area contributed by atoms with Crippen LogP contribution in [0.15, 0.2) is 85.2 Å². The maximum Gasteiger partial charge on any atom is 0.328 e. The molecule has 60 heavy (non-hydrogen) atoms. The van der Waals surface area contributed by atoms with Crippen LogP contribution in [-0.4, -0.2) is 100 Å². The summed E-state index contributed by atoms with van der Waals surface area (Å²) in [6, 6.07) is 24.3. The van der Waals surface area contributed by atoms with Crippen LogP contribution in [0.4, 0.5) is 33.5 Å². The first kappa shape index (κ1) is 40.4. The number of imide groups is 1. The lowest BCUT2D eigenvalue weighted by Crippen LogP contribution is -2.49. The Kier molecular flexibility index (Phi) is 11.8. The number of rotatable bonds is 11.